The Morgan fingerprint density at radius 3 is 2.73 bits per heavy atom. The molecule has 2 heterocycles. The molecule has 2 aromatic carbocycles. The van der Waals surface area contributed by atoms with Crippen molar-refractivity contribution in [3.63, 3.8) is 0 Å². The number of oxazole rings is 1. The molecular weight excluding hydrogens is 414 g/mol. The number of hydrogen-bond acceptors (Lipinski definition) is 4. The van der Waals surface area contributed by atoms with Crippen molar-refractivity contribution in [3.05, 3.63) is 78.4 Å². The molecule has 1 atom stereocenters. The van der Waals surface area contributed by atoms with Crippen LogP contribution < -0.4 is 5.32 Å². The van der Waals surface area contributed by atoms with Crippen molar-refractivity contribution in [1.82, 2.24) is 15.3 Å². The van der Waals surface area contributed by atoms with E-state index in [1.54, 1.807) is 6.20 Å². The zero-order valence-corrected chi connectivity index (χ0v) is 18.8. The van der Waals surface area contributed by atoms with E-state index in [2.05, 4.69) is 15.3 Å². The van der Waals surface area contributed by atoms with Gasteiger partial charge in [0, 0.05) is 35.7 Å². The van der Waals surface area contributed by atoms with E-state index < -0.39 is 0 Å². The molecule has 0 aliphatic carbocycles. The van der Waals surface area contributed by atoms with Crippen LogP contribution in [0.4, 0.5) is 0 Å². The molecule has 4 rings (SSSR count). The van der Waals surface area contributed by atoms with Gasteiger partial charge in [-0.2, -0.15) is 0 Å². The number of unbranched alkanes of at least 4 members (excludes halogenated alkanes) is 2. The molecule has 1 unspecified atom stereocenters. The minimum Gasteiger partial charge on any atom is -0.438 e. The third-order valence-corrected chi connectivity index (χ3v) is 5.85. The number of Topliss-reactive ketones (excluding diaryl/α,β-unsaturated/α-hetero) is 1. The summed E-state index contributed by atoms with van der Waals surface area (Å²) in [6.45, 7) is 1.89. The van der Waals surface area contributed by atoms with Gasteiger partial charge in [-0.25, -0.2) is 4.98 Å². The van der Waals surface area contributed by atoms with E-state index in [1.807, 2.05) is 67.7 Å². The van der Waals surface area contributed by atoms with Crippen molar-refractivity contribution in [1.29, 1.82) is 0 Å². The molecule has 0 spiro atoms. The van der Waals surface area contributed by atoms with Gasteiger partial charge in [0.2, 0.25) is 5.89 Å². The highest BCUT2D eigenvalue weighted by molar-refractivity contribution is 5.98. The first-order valence-electron chi connectivity index (χ1n) is 11.5. The Balaban J connectivity index is 1.47. The van der Waals surface area contributed by atoms with E-state index in [1.165, 1.54) is 0 Å². The van der Waals surface area contributed by atoms with Crippen molar-refractivity contribution in [2.75, 3.05) is 0 Å². The second kappa shape index (κ2) is 10.8. The highest BCUT2D eigenvalue weighted by Crippen LogP contribution is 2.26. The third kappa shape index (κ3) is 5.77. The van der Waals surface area contributed by atoms with Crippen LogP contribution in [0.2, 0.25) is 0 Å². The molecule has 0 saturated carbocycles. The zero-order chi connectivity index (χ0) is 23.0. The Morgan fingerprint density at radius 2 is 1.91 bits per heavy atom. The molecule has 1 amide bonds. The summed E-state index contributed by atoms with van der Waals surface area (Å²) in [5.41, 5.74) is 2.44. The summed E-state index contributed by atoms with van der Waals surface area (Å²) in [5, 5.41) is 4.17. The number of amides is 1. The molecule has 0 bridgehead atoms. The van der Waals surface area contributed by atoms with Crippen LogP contribution in [0.5, 0.6) is 0 Å². The van der Waals surface area contributed by atoms with Crippen LogP contribution in [0.1, 0.15) is 67.7 Å². The number of nitrogens with zero attached hydrogens (tertiary/aromatic N) is 1. The van der Waals surface area contributed by atoms with E-state index in [9.17, 15) is 9.59 Å². The Kier molecular flexibility index (Phi) is 7.35. The van der Waals surface area contributed by atoms with Crippen LogP contribution in [0.3, 0.4) is 0 Å². The first-order chi connectivity index (χ1) is 16.1. The number of fused-ring (bicyclic) bond motifs is 1. The molecule has 0 fully saturated rings. The molecule has 6 heteroatoms. The van der Waals surface area contributed by atoms with E-state index in [0.29, 0.717) is 42.3 Å². The summed E-state index contributed by atoms with van der Waals surface area (Å²) in [7, 11) is 0. The van der Waals surface area contributed by atoms with Gasteiger partial charge in [0.05, 0.1) is 6.20 Å². The molecule has 2 aromatic heterocycles. The van der Waals surface area contributed by atoms with Gasteiger partial charge >= 0.3 is 0 Å². The molecule has 2 N–H and O–H groups in total. The molecule has 33 heavy (non-hydrogen) atoms. The maximum atomic E-state index is 13.0. The second-order valence-electron chi connectivity index (χ2n) is 8.23. The van der Waals surface area contributed by atoms with Gasteiger partial charge in [0.25, 0.3) is 5.91 Å². The van der Waals surface area contributed by atoms with E-state index >= 15 is 0 Å². The summed E-state index contributed by atoms with van der Waals surface area (Å²) < 4.78 is 6.05. The highest BCUT2D eigenvalue weighted by atomic mass is 16.4. The SMILES string of the molecule is CCC(=O)CCCCCC(NC(=O)c1ccc2cc[nH]c2c1)c1ncc(-c2ccccc2)o1. The highest BCUT2D eigenvalue weighted by Gasteiger charge is 2.21. The number of aromatic nitrogens is 2. The van der Waals surface area contributed by atoms with Crippen molar-refractivity contribution < 1.29 is 14.0 Å². The lowest BCUT2D eigenvalue weighted by molar-refractivity contribution is -0.118. The van der Waals surface area contributed by atoms with Crippen LogP contribution in [0, 0.1) is 0 Å². The fourth-order valence-corrected chi connectivity index (χ4v) is 3.90. The molecule has 0 saturated heterocycles. The van der Waals surface area contributed by atoms with Crippen molar-refractivity contribution in [2.45, 2.75) is 51.5 Å². The normalized spacial score (nSPS) is 12.0. The van der Waals surface area contributed by atoms with Gasteiger partial charge < -0.3 is 14.7 Å². The number of carbonyl (C=O) groups excluding carboxylic acids is 2. The number of carbonyl (C=O) groups is 2. The molecule has 4 aromatic rings. The number of aromatic amines is 1. The van der Waals surface area contributed by atoms with Crippen molar-refractivity contribution in [3.8, 4) is 11.3 Å². The molecule has 0 radical (unpaired) electrons. The van der Waals surface area contributed by atoms with Gasteiger partial charge in [-0.15, -0.1) is 0 Å². The second-order valence-corrected chi connectivity index (χ2v) is 8.23. The molecular formula is C27H29N3O3. The maximum Gasteiger partial charge on any atom is 0.252 e. The number of ketones is 1. The third-order valence-electron chi connectivity index (χ3n) is 5.85. The zero-order valence-electron chi connectivity index (χ0n) is 18.8. The summed E-state index contributed by atoms with van der Waals surface area (Å²) in [6, 6.07) is 17.0. The monoisotopic (exact) mass is 443 g/mol. The topological polar surface area (TPSA) is 88.0 Å². The first-order valence-corrected chi connectivity index (χ1v) is 11.5. The Hall–Kier alpha value is -3.67. The molecule has 0 aliphatic rings. The van der Waals surface area contributed by atoms with Crippen molar-refractivity contribution >= 4 is 22.6 Å². The number of H-pyrrole nitrogens is 1. The van der Waals surface area contributed by atoms with Gasteiger partial charge in [0.1, 0.15) is 11.8 Å². The van der Waals surface area contributed by atoms with Crippen molar-refractivity contribution in [2.24, 2.45) is 0 Å². The number of nitrogens with one attached hydrogen (secondary N) is 2. The van der Waals surface area contributed by atoms with E-state index in [4.69, 9.17) is 4.42 Å². The number of benzene rings is 2. The fraction of sp³-hybridized carbons (Fsp3) is 0.296. The summed E-state index contributed by atoms with van der Waals surface area (Å²) in [4.78, 5) is 32.2. The van der Waals surface area contributed by atoms with Crippen LogP contribution in [-0.2, 0) is 4.79 Å². The molecule has 0 aliphatic heterocycles. The Labute approximate surface area is 193 Å². The average molecular weight is 444 g/mol. The minimum absolute atomic E-state index is 0.169. The average Bonchev–Trinajstić information content (AvgIpc) is 3.52. The quantitative estimate of drug-likeness (QED) is 0.269. The standard InChI is InChI=1S/C27H29N3O3/c1-2-22(31)11-7-4-8-12-23(27-29-18-25(33-27)20-9-5-3-6-10-20)30-26(32)21-14-13-19-15-16-28-24(19)17-21/h3,5-6,9-10,13-18,23,28H,2,4,7-8,11-12H2,1H3,(H,30,32). The van der Waals surface area contributed by atoms with Crippen LogP contribution in [0.15, 0.2) is 71.4 Å². The lowest BCUT2D eigenvalue weighted by Gasteiger charge is -2.16. The van der Waals surface area contributed by atoms with Gasteiger partial charge in [-0.1, -0.05) is 56.2 Å². The largest absolute Gasteiger partial charge is 0.438 e. The lowest BCUT2D eigenvalue weighted by atomic mass is 10.0. The van der Waals surface area contributed by atoms with E-state index in [-0.39, 0.29) is 11.9 Å². The predicted octanol–water partition coefficient (Wildman–Crippen LogP) is 6.22. The molecule has 170 valence electrons. The Bertz CT molecular complexity index is 1210. The summed E-state index contributed by atoms with van der Waals surface area (Å²) in [6.07, 6.45) is 8.08. The number of rotatable bonds is 11. The number of hydrogen-bond donors (Lipinski definition) is 2. The Morgan fingerprint density at radius 1 is 1.06 bits per heavy atom. The van der Waals surface area contributed by atoms with Gasteiger partial charge in [-0.05, 0) is 36.4 Å². The smallest absolute Gasteiger partial charge is 0.252 e. The minimum atomic E-state index is -0.351. The van der Waals surface area contributed by atoms with Gasteiger partial charge in [0.15, 0.2) is 5.76 Å². The van der Waals surface area contributed by atoms with E-state index in [0.717, 1.165) is 35.7 Å². The maximum absolute atomic E-state index is 13.0. The van der Waals surface area contributed by atoms with Gasteiger partial charge in [-0.3, -0.25) is 9.59 Å². The molecule has 6 nitrogen and oxygen atoms in total. The summed E-state index contributed by atoms with van der Waals surface area (Å²) >= 11 is 0. The van der Waals surface area contributed by atoms with Crippen LogP contribution in [-0.4, -0.2) is 21.7 Å². The predicted molar refractivity (Wildman–Crippen MR) is 129 cm³/mol. The van der Waals surface area contributed by atoms with Crippen LogP contribution in [0.25, 0.3) is 22.2 Å². The first kappa shape index (κ1) is 22.5. The summed E-state index contributed by atoms with van der Waals surface area (Å²) in [5.74, 6) is 1.29. The fourth-order valence-electron chi connectivity index (χ4n) is 3.90. The van der Waals surface area contributed by atoms with Crippen LogP contribution >= 0.6 is 0 Å². The lowest BCUT2D eigenvalue weighted by Crippen LogP contribution is -2.28.